The number of carbonyl (C=O) groups excluding carboxylic acids is 2. The van der Waals surface area contributed by atoms with Crippen molar-refractivity contribution in [1.82, 2.24) is 10.3 Å². The van der Waals surface area contributed by atoms with Crippen molar-refractivity contribution in [2.75, 3.05) is 5.32 Å². The molecular formula is C21H19N3O2S2. The summed E-state index contributed by atoms with van der Waals surface area (Å²) in [5, 5.41) is 6.91. The molecule has 0 saturated carbocycles. The number of aromatic nitrogens is 1. The topological polar surface area (TPSA) is 71.1 Å². The Morgan fingerprint density at radius 3 is 2.79 bits per heavy atom. The first-order valence-electron chi connectivity index (χ1n) is 8.96. The molecular weight excluding hydrogens is 390 g/mol. The second-order valence-corrected chi connectivity index (χ2v) is 9.00. The zero-order chi connectivity index (χ0) is 19.7. The fourth-order valence-corrected chi connectivity index (χ4v) is 4.72. The largest absolute Gasteiger partial charge is 0.347 e. The Labute approximate surface area is 171 Å². The van der Waals surface area contributed by atoms with Gasteiger partial charge >= 0.3 is 0 Å². The van der Waals surface area contributed by atoms with E-state index in [1.165, 1.54) is 11.8 Å². The molecule has 0 bridgehead atoms. The van der Waals surface area contributed by atoms with Gasteiger partial charge in [0.2, 0.25) is 0 Å². The fourth-order valence-electron chi connectivity index (χ4n) is 2.85. The SMILES string of the molecule is CC(C)c1ncc(CNC(=O)c2ccc3c(c2)NC(=O)c2ccccc2S3)s1. The molecule has 0 unspecified atom stereocenters. The summed E-state index contributed by atoms with van der Waals surface area (Å²) in [6, 6.07) is 12.9. The van der Waals surface area contributed by atoms with Crippen LogP contribution in [0.15, 0.2) is 58.5 Å². The van der Waals surface area contributed by atoms with Crippen LogP contribution in [0, 0.1) is 0 Å². The molecule has 0 aliphatic carbocycles. The van der Waals surface area contributed by atoms with Gasteiger partial charge in [0.05, 0.1) is 22.8 Å². The van der Waals surface area contributed by atoms with Crippen LogP contribution in [-0.2, 0) is 6.54 Å². The molecule has 0 fully saturated rings. The molecule has 0 saturated heterocycles. The minimum atomic E-state index is -0.177. The number of thiazole rings is 1. The van der Waals surface area contributed by atoms with Gasteiger partial charge in [0.25, 0.3) is 11.8 Å². The van der Waals surface area contributed by atoms with Gasteiger partial charge in [-0.25, -0.2) is 4.98 Å². The summed E-state index contributed by atoms with van der Waals surface area (Å²) in [6.45, 7) is 4.63. The van der Waals surface area contributed by atoms with Crippen molar-refractivity contribution < 1.29 is 9.59 Å². The van der Waals surface area contributed by atoms with E-state index in [9.17, 15) is 9.59 Å². The Kier molecular flexibility index (Phi) is 5.19. The van der Waals surface area contributed by atoms with Crippen molar-refractivity contribution in [1.29, 1.82) is 0 Å². The van der Waals surface area contributed by atoms with Gasteiger partial charge in [0.1, 0.15) is 0 Å². The number of fused-ring (bicyclic) bond motifs is 2. The standard InChI is InChI=1S/C21H19N3O2S2/c1-12(2)21-23-11-14(27-21)10-22-19(25)13-7-8-18-16(9-13)24-20(26)15-5-3-4-6-17(15)28-18/h3-9,11-12H,10H2,1-2H3,(H,22,25)(H,24,26). The quantitative estimate of drug-likeness (QED) is 0.642. The summed E-state index contributed by atoms with van der Waals surface area (Å²) in [7, 11) is 0. The van der Waals surface area contributed by atoms with Crippen LogP contribution in [0.25, 0.3) is 0 Å². The van der Waals surface area contributed by atoms with Crippen molar-refractivity contribution in [3.63, 3.8) is 0 Å². The monoisotopic (exact) mass is 409 g/mol. The van der Waals surface area contributed by atoms with Gasteiger partial charge in [-0.1, -0.05) is 37.7 Å². The van der Waals surface area contributed by atoms with Gasteiger partial charge in [0.15, 0.2) is 0 Å². The molecule has 7 heteroatoms. The maximum atomic E-state index is 12.6. The number of hydrogen-bond donors (Lipinski definition) is 2. The van der Waals surface area contributed by atoms with Crippen LogP contribution in [0.3, 0.4) is 0 Å². The molecule has 1 aliphatic rings. The number of anilines is 1. The second-order valence-electron chi connectivity index (χ2n) is 6.77. The van der Waals surface area contributed by atoms with E-state index in [0.29, 0.717) is 29.3 Å². The molecule has 2 amide bonds. The molecule has 2 N–H and O–H groups in total. The first-order valence-corrected chi connectivity index (χ1v) is 10.6. The first kappa shape index (κ1) is 18.7. The fraction of sp³-hybridized carbons (Fsp3) is 0.190. The highest BCUT2D eigenvalue weighted by Gasteiger charge is 2.20. The third-order valence-corrected chi connectivity index (χ3v) is 6.78. The van der Waals surface area contributed by atoms with Crippen LogP contribution in [-0.4, -0.2) is 16.8 Å². The third-order valence-electron chi connectivity index (χ3n) is 4.33. The van der Waals surface area contributed by atoms with E-state index in [4.69, 9.17) is 0 Å². The van der Waals surface area contributed by atoms with Crippen LogP contribution >= 0.6 is 23.1 Å². The zero-order valence-corrected chi connectivity index (χ0v) is 17.1. The van der Waals surface area contributed by atoms with Gasteiger partial charge in [-0.2, -0.15) is 0 Å². The highest BCUT2D eigenvalue weighted by atomic mass is 32.2. The molecule has 0 radical (unpaired) electrons. The highest BCUT2D eigenvalue weighted by Crippen LogP contribution is 2.39. The van der Waals surface area contributed by atoms with E-state index < -0.39 is 0 Å². The van der Waals surface area contributed by atoms with Crippen LogP contribution in [0.5, 0.6) is 0 Å². The maximum Gasteiger partial charge on any atom is 0.256 e. The van der Waals surface area contributed by atoms with E-state index in [1.807, 2.05) is 30.5 Å². The number of nitrogens with one attached hydrogen (secondary N) is 2. The van der Waals surface area contributed by atoms with E-state index in [0.717, 1.165) is 19.7 Å². The summed E-state index contributed by atoms with van der Waals surface area (Å²) in [5.74, 6) is 0.0397. The lowest BCUT2D eigenvalue weighted by molar-refractivity contribution is 0.0949. The van der Waals surface area contributed by atoms with Crippen molar-refractivity contribution in [2.45, 2.75) is 36.1 Å². The molecule has 142 valence electrons. The number of nitrogens with zero attached hydrogens (tertiary/aromatic N) is 1. The zero-order valence-electron chi connectivity index (χ0n) is 15.5. The van der Waals surface area contributed by atoms with Crippen molar-refractivity contribution >= 4 is 40.6 Å². The van der Waals surface area contributed by atoms with Crippen LogP contribution in [0.1, 0.15) is 50.4 Å². The first-order chi connectivity index (χ1) is 13.5. The Bertz CT molecular complexity index is 1060. The predicted octanol–water partition coefficient (Wildman–Crippen LogP) is 4.91. The molecule has 0 atom stereocenters. The molecule has 5 nitrogen and oxygen atoms in total. The van der Waals surface area contributed by atoms with Crippen LogP contribution in [0.4, 0.5) is 5.69 Å². The minimum absolute atomic E-state index is 0.162. The predicted molar refractivity (Wildman–Crippen MR) is 112 cm³/mol. The average molecular weight is 410 g/mol. The van der Waals surface area contributed by atoms with E-state index in [2.05, 4.69) is 29.5 Å². The lowest BCUT2D eigenvalue weighted by Crippen LogP contribution is -2.22. The Morgan fingerprint density at radius 2 is 2.00 bits per heavy atom. The third kappa shape index (κ3) is 3.81. The van der Waals surface area contributed by atoms with Gasteiger partial charge in [0, 0.05) is 32.3 Å². The summed E-state index contributed by atoms with van der Waals surface area (Å²) in [4.78, 5) is 32.3. The Morgan fingerprint density at radius 1 is 1.18 bits per heavy atom. The minimum Gasteiger partial charge on any atom is -0.347 e. The number of hydrogen-bond acceptors (Lipinski definition) is 5. The van der Waals surface area contributed by atoms with Gasteiger partial charge in [-0.3, -0.25) is 9.59 Å². The van der Waals surface area contributed by atoms with E-state index >= 15 is 0 Å². The lowest BCUT2D eigenvalue weighted by Gasteiger charge is -2.09. The van der Waals surface area contributed by atoms with Gasteiger partial charge < -0.3 is 10.6 Å². The summed E-state index contributed by atoms with van der Waals surface area (Å²) in [6.07, 6.45) is 1.81. The number of rotatable bonds is 4. The summed E-state index contributed by atoms with van der Waals surface area (Å²) < 4.78 is 0. The van der Waals surface area contributed by atoms with Crippen molar-refractivity contribution in [2.24, 2.45) is 0 Å². The van der Waals surface area contributed by atoms with E-state index in [-0.39, 0.29) is 11.8 Å². The molecule has 28 heavy (non-hydrogen) atoms. The van der Waals surface area contributed by atoms with Crippen molar-refractivity contribution in [3.05, 3.63) is 69.7 Å². The number of carbonyl (C=O) groups is 2. The maximum absolute atomic E-state index is 12.6. The number of benzene rings is 2. The average Bonchev–Trinajstić information content (AvgIpc) is 3.11. The molecule has 1 aliphatic heterocycles. The molecule has 2 aromatic carbocycles. The lowest BCUT2D eigenvalue weighted by atomic mass is 10.1. The summed E-state index contributed by atoms with van der Waals surface area (Å²) >= 11 is 3.13. The molecule has 3 aromatic rings. The van der Waals surface area contributed by atoms with Crippen molar-refractivity contribution in [3.8, 4) is 0 Å². The van der Waals surface area contributed by atoms with E-state index in [1.54, 1.807) is 29.5 Å². The highest BCUT2D eigenvalue weighted by molar-refractivity contribution is 7.99. The molecule has 1 aromatic heterocycles. The second kappa shape index (κ2) is 7.77. The van der Waals surface area contributed by atoms with Crippen LogP contribution in [0.2, 0.25) is 0 Å². The summed E-state index contributed by atoms with van der Waals surface area (Å²) in [5.41, 5.74) is 1.80. The Balaban J connectivity index is 1.50. The molecule has 4 rings (SSSR count). The Hall–Kier alpha value is -2.64. The molecule has 0 spiro atoms. The normalized spacial score (nSPS) is 12.8. The van der Waals surface area contributed by atoms with Crippen LogP contribution < -0.4 is 10.6 Å². The van der Waals surface area contributed by atoms with Gasteiger partial charge in [-0.05, 0) is 30.3 Å². The smallest absolute Gasteiger partial charge is 0.256 e. The molecule has 2 heterocycles. The number of amides is 2. The van der Waals surface area contributed by atoms with Gasteiger partial charge in [-0.15, -0.1) is 11.3 Å².